The third-order valence-electron chi connectivity index (χ3n) is 2.38. The zero-order valence-electron chi connectivity index (χ0n) is 9.22. The minimum absolute atomic E-state index is 0.451. The summed E-state index contributed by atoms with van der Waals surface area (Å²) >= 11 is 1.62. The molecule has 0 radical (unpaired) electrons. The SMILES string of the molecule is CN(Cc1cscn1)Cc1ccoc1CN. The van der Waals surface area contributed by atoms with Crippen molar-refractivity contribution in [1.29, 1.82) is 0 Å². The van der Waals surface area contributed by atoms with Crippen LogP contribution in [0.2, 0.25) is 0 Å². The van der Waals surface area contributed by atoms with Crippen LogP contribution in [-0.4, -0.2) is 16.9 Å². The van der Waals surface area contributed by atoms with E-state index >= 15 is 0 Å². The van der Waals surface area contributed by atoms with E-state index in [-0.39, 0.29) is 0 Å². The maximum atomic E-state index is 5.58. The first-order valence-electron chi connectivity index (χ1n) is 5.10. The van der Waals surface area contributed by atoms with Gasteiger partial charge in [0.2, 0.25) is 0 Å². The Hall–Kier alpha value is -1.17. The average molecular weight is 237 g/mol. The summed E-state index contributed by atoms with van der Waals surface area (Å²) in [6.07, 6.45) is 1.69. The fourth-order valence-electron chi connectivity index (χ4n) is 1.63. The Bertz CT molecular complexity index is 424. The van der Waals surface area contributed by atoms with Gasteiger partial charge in [0.1, 0.15) is 5.76 Å². The molecule has 0 atom stereocenters. The average Bonchev–Trinajstić information content (AvgIpc) is 2.88. The first-order valence-corrected chi connectivity index (χ1v) is 6.05. The Morgan fingerprint density at radius 2 is 2.38 bits per heavy atom. The van der Waals surface area contributed by atoms with Crippen molar-refractivity contribution < 1.29 is 4.42 Å². The van der Waals surface area contributed by atoms with Crippen LogP contribution in [0.15, 0.2) is 27.6 Å². The molecule has 2 aromatic heterocycles. The molecule has 0 saturated carbocycles. The van der Waals surface area contributed by atoms with E-state index in [0.717, 1.165) is 30.1 Å². The van der Waals surface area contributed by atoms with Gasteiger partial charge in [-0.1, -0.05) is 0 Å². The van der Waals surface area contributed by atoms with Gasteiger partial charge in [-0.15, -0.1) is 11.3 Å². The van der Waals surface area contributed by atoms with Crippen molar-refractivity contribution in [1.82, 2.24) is 9.88 Å². The first-order chi connectivity index (χ1) is 7.79. The second-order valence-corrected chi connectivity index (χ2v) is 4.44. The Balaban J connectivity index is 1.94. The van der Waals surface area contributed by atoms with Gasteiger partial charge in [-0.3, -0.25) is 4.90 Å². The molecule has 0 saturated heterocycles. The maximum absolute atomic E-state index is 5.58. The Kier molecular flexibility index (Phi) is 3.71. The Morgan fingerprint density at radius 1 is 1.50 bits per heavy atom. The van der Waals surface area contributed by atoms with E-state index in [2.05, 4.69) is 22.3 Å². The number of nitrogens with two attached hydrogens (primary N) is 1. The molecular weight excluding hydrogens is 222 g/mol. The van der Waals surface area contributed by atoms with Crippen molar-refractivity contribution >= 4 is 11.3 Å². The molecule has 2 N–H and O–H groups in total. The van der Waals surface area contributed by atoms with Crippen molar-refractivity contribution in [3.8, 4) is 0 Å². The quantitative estimate of drug-likeness (QED) is 0.862. The van der Waals surface area contributed by atoms with Crippen molar-refractivity contribution in [2.45, 2.75) is 19.6 Å². The minimum atomic E-state index is 0.451. The summed E-state index contributed by atoms with van der Waals surface area (Å²) in [6, 6.07) is 1.97. The highest BCUT2D eigenvalue weighted by Crippen LogP contribution is 2.13. The minimum Gasteiger partial charge on any atom is -0.468 e. The molecule has 0 aliphatic heterocycles. The van der Waals surface area contributed by atoms with E-state index in [1.54, 1.807) is 17.6 Å². The third-order valence-corrected chi connectivity index (χ3v) is 3.01. The third kappa shape index (κ3) is 2.69. The number of furan rings is 1. The van der Waals surface area contributed by atoms with Crippen molar-refractivity contribution in [2.24, 2.45) is 5.73 Å². The molecule has 2 rings (SSSR count). The van der Waals surface area contributed by atoms with Crippen LogP contribution in [0.1, 0.15) is 17.0 Å². The van der Waals surface area contributed by atoms with E-state index in [4.69, 9.17) is 10.2 Å². The summed E-state index contributed by atoms with van der Waals surface area (Å²) in [7, 11) is 2.06. The van der Waals surface area contributed by atoms with Crippen LogP contribution in [-0.2, 0) is 19.6 Å². The lowest BCUT2D eigenvalue weighted by Crippen LogP contribution is -2.18. The topological polar surface area (TPSA) is 55.3 Å². The van der Waals surface area contributed by atoms with Crippen LogP contribution >= 0.6 is 11.3 Å². The van der Waals surface area contributed by atoms with E-state index in [9.17, 15) is 0 Å². The monoisotopic (exact) mass is 237 g/mol. The van der Waals surface area contributed by atoms with Crippen LogP contribution in [0.5, 0.6) is 0 Å². The Morgan fingerprint density at radius 3 is 3.06 bits per heavy atom. The summed E-state index contributed by atoms with van der Waals surface area (Å²) in [4.78, 5) is 6.45. The predicted molar refractivity (Wildman–Crippen MR) is 63.9 cm³/mol. The van der Waals surface area contributed by atoms with Gasteiger partial charge < -0.3 is 10.2 Å². The lowest BCUT2D eigenvalue weighted by molar-refractivity contribution is 0.312. The molecule has 2 aromatic rings. The number of nitrogens with zero attached hydrogens (tertiary/aromatic N) is 2. The number of aromatic nitrogens is 1. The number of rotatable bonds is 5. The standard InChI is InChI=1S/C11H15N3OS/c1-14(6-10-7-16-8-13-10)5-9-2-3-15-11(9)4-12/h2-3,7-8H,4-6,12H2,1H3. The normalized spacial score (nSPS) is 11.2. The van der Waals surface area contributed by atoms with Gasteiger partial charge in [-0.2, -0.15) is 0 Å². The van der Waals surface area contributed by atoms with Crippen LogP contribution < -0.4 is 5.73 Å². The summed E-state index contributed by atoms with van der Waals surface area (Å²) in [5.41, 5.74) is 9.69. The molecule has 4 nitrogen and oxygen atoms in total. The zero-order chi connectivity index (χ0) is 11.4. The molecule has 0 spiro atoms. The number of hydrogen-bond donors (Lipinski definition) is 1. The van der Waals surface area contributed by atoms with Crippen LogP contribution in [0.3, 0.4) is 0 Å². The summed E-state index contributed by atoms with van der Waals surface area (Å²) in [5, 5.41) is 2.07. The molecule has 2 heterocycles. The lowest BCUT2D eigenvalue weighted by atomic mass is 10.2. The number of thiazole rings is 1. The maximum Gasteiger partial charge on any atom is 0.121 e. The molecule has 0 fully saturated rings. The van der Waals surface area contributed by atoms with Crippen LogP contribution in [0.25, 0.3) is 0 Å². The summed E-state index contributed by atoms with van der Waals surface area (Å²) in [5.74, 6) is 0.866. The summed E-state index contributed by atoms with van der Waals surface area (Å²) < 4.78 is 5.28. The van der Waals surface area contributed by atoms with Gasteiger partial charge in [0.05, 0.1) is 24.0 Å². The fourth-order valence-corrected chi connectivity index (χ4v) is 2.18. The van der Waals surface area contributed by atoms with Gasteiger partial charge in [-0.05, 0) is 13.1 Å². The molecule has 86 valence electrons. The van der Waals surface area contributed by atoms with E-state index < -0.39 is 0 Å². The van der Waals surface area contributed by atoms with E-state index in [1.165, 1.54) is 0 Å². The highest BCUT2D eigenvalue weighted by Gasteiger charge is 2.08. The molecule has 0 unspecified atom stereocenters. The Labute approximate surface area is 98.7 Å². The van der Waals surface area contributed by atoms with Gasteiger partial charge in [0, 0.05) is 24.0 Å². The van der Waals surface area contributed by atoms with Gasteiger partial charge in [0.25, 0.3) is 0 Å². The molecule has 0 aliphatic carbocycles. The number of hydrogen-bond acceptors (Lipinski definition) is 5. The zero-order valence-corrected chi connectivity index (χ0v) is 10.0. The van der Waals surface area contributed by atoms with Crippen LogP contribution in [0, 0.1) is 0 Å². The lowest BCUT2D eigenvalue weighted by Gasteiger charge is -2.14. The summed E-state index contributed by atoms with van der Waals surface area (Å²) in [6.45, 7) is 2.13. The predicted octanol–water partition coefficient (Wildman–Crippen LogP) is 1.83. The van der Waals surface area contributed by atoms with Crippen molar-refractivity contribution in [3.05, 3.63) is 40.2 Å². The molecule has 0 bridgehead atoms. The molecule has 0 aliphatic rings. The smallest absolute Gasteiger partial charge is 0.121 e. The van der Waals surface area contributed by atoms with Gasteiger partial charge in [0.15, 0.2) is 0 Å². The second-order valence-electron chi connectivity index (χ2n) is 3.73. The van der Waals surface area contributed by atoms with Gasteiger partial charge in [-0.25, -0.2) is 4.98 Å². The van der Waals surface area contributed by atoms with Crippen molar-refractivity contribution in [2.75, 3.05) is 7.05 Å². The van der Waals surface area contributed by atoms with Gasteiger partial charge >= 0.3 is 0 Å². The highest BCUT2D eigenvalue weighted by molar-refractivity contribution is 7.07. The van der Waals surface area contributed by atoms with Crippen LogP contribution in [0.4, 0.5) is 0 Å². The molecule has 16 heavy (non-hydrogen) atoms. The second kappa shape index (κ2) is 5.25. The largest absolute Gasteiger partial charge is 0.468 e. The van der Waals surface area contributed by atoms with E-state index in [0.29, 0.717) is 6.54 Å². The highest BCUT2D eigenvalue weighted by atomic mass is 32.1. The molecule has 0 aromatic carbocycles. The van der Waals surface area contributed by atoms with Crippen molar-refractivity contribution in [3.63, 3.8) is 0 Å². The molecule has 0 amide bonds. The first kappa shape index (κ1) is 11.3. The molecular formula is C11H15N3OS. The van der Waals surface area contributed by atoms with E-state index in [1.807, 2.05) is 11.6 Å². The molecule has 5 heteroatoms. The fraction of sp³-hybridized carbons (Fsp3) is 0.364.